The van der Waals surface area contributed by atoms with Gasteiger partial charge >= 0.3 is 5.69 Å². The van der Waals surface area contributed by atoms with Gasteiger partial charge in [-0.05, 0) is 37.3 Å². The maximum Gasteiger partial charge on any atom is 0.351 e. The summed E-state index contributed by atoms with van der Waals surface area (Å²) in [6, 6.07) is 10.4. The van der Waals surface area contributed by atoms with Crippen LogP contribution in [0.4, 0.5) is 10.1 Å². The van der Waals surface area contributed by atoms with Crippen LogP contribution in [-0.2, 0) is 7.05 Å². The Balaban J connectivity index is 2.05. The molecule has 2 aromatic carbocycles. The molecule has 9 heteroatoms. The van der Waals surface area contributed by atoms with Gasteiger partial charge in [-0.1, -0.05) is 29.3 Å². The number of benzene rings is 2. The average Bonchev–Trinajstić information content (AvgIpc) is 2.64. The highest BCUT2D eigenvalue weighted by Crippen LogP contribution is 2.19. The van der Waals surface area contributed by atoms with Crippen molar-refractivity contribution in [3.05, 3.63) is 85.4 Å². The molecule has 27 heavy (non-hydrogen) atoms. The van der Waals surface area contributed by atoms with E-state index in [2.05, 4.69) is 10.4 Å². The third-order valence-corrected chi connectivity index (χ3v) is 4.14. The van der Waals surface area contributed by atoms with E-state index in [0.29, 0.717) is 5.69 Å². The Hall–Kier alpha value is -3.26. The van der Waals surface area contributed by atoms with E-state index in [1.54, 1.807) is 24.3 Å². The fourth-order valence-electron chi connectivity index (χ4n) is 2.33. The molecule has 0 aliphatic heterocycles. The van der Waals surface area contributed by atoms with Gasteiger partial charge in [-0.2, -0.15) is 9.78 Å². The van der Waals surface area contributed by atoms with Crippen LogP contribution in [0.5, 0.6) is 0 Å². The predicted molar refractivity (Wildman–Crippen MR) is 99.2 cm³/mol. The first kappa shape index (κ1) is 18.5. The number of amides is 1. The average molecular weight is 389 g/mol. The second-order valence-corrected chi connectivity index (χ2v) is 6.23. The maximum atomic E-state index is 13.2. The molecule has 138 valence electrons. The molecule has 1 aromatic heterocycles. The number of halogens is 2. The molecule has 0 atom stereocenters. The number of carbonyl (C=O) groups excluding carboxylic acids is 1. The van der Waals surface area contributed by atoms with E-state index < -0.39 is 28.7 Å². The first-order valence-electron chi connectivity index (χ1n) is 7.81. The van der Waals surface area contributed by atoms with E-state index in [0.717, 1.165) is 20.9 Å². The highest BCUT2D eigenvalue weighted by Gasteiger charge is 2.19. The van der Waals surface area contributed by atoms with E-state index in [1.807, 2.05) is 6.92 Å². The molecule has 3 rings (SSSR count). The minimum Gasteiger partial charge on any atom is -0.320 e. The number of rotatable bonds is 3. The van der Waals surface area contributed by atoms with Gasteiger partial charge in [0.05, 0.1) is 10.7 Å². The van der Waals surface area contributed by atoms with Crippen molar-refractivity contribution in [2.75, 3.05) is 5.32 Å². The number of carbonyl (C=O) groups is 1. The number of hydrogen-bond donors (Lipinski definition) is 1. The Bertz CT molecular complexity index is 1150. The molecule has 0 unspecified atom stereocenters. The van der Waals surface area contributed by atoms with E-state index in [4.69, 9.17) is 11.6 Å². The number of nitrogens with zero attached hydrogens (tertiary/aromatic N) is 3. The molecule has 1 N–H and O–H groups in total. The smallest absolute Gasteiger partial charge is 0.320 e. The monoisotopic (exact) mass is 388 g/mol. The Morgan fingerprint density at radius 1 is 1.15 bits per heavy atom. The highest BCUT2D eigenvalue weighted by molar-refractivity contribution is 6.31. The van der Waals surface area contributed by atoms with Crippen molar-refractivity contribution in [2.45, 2.75) is 6.92 Å². The largest absolute Gasteiger partial charge is 0.351 e. The number of anilines is 1. The van der Waals surface area contributed by atoms with Crippen LogP contribution in [0.25, 0.3) is 5.69 Å². The lowest BCUT2D eigenvalue weighted by atomic mass is 10.2. The quantitative estimate of drug-likeness (QED) is 0.745. The van der Waals surface area contributed by atoms with Crippen molar-refractivity contribution >= 4 is 23.2 Å². The topological polar surface area (TPSA) is 86.0 Å². The first-order valence-corrected chi connectivity index (χ1v) is 8.19. The van der Waals surface area contributed by atoms with Crippen molar-refractivity contribution in [3.8, 4) is 5.69 Å². The normalized spacial score (nSPS) is 10.7. The maximum absolute atomic E-state index is 13.2. The van der Waals surface area contributed by atoms with Crippen molar-refractivity contribution in [3.63, 3.8) is 0 Å². The summed E-state index contributed by atoms with van der Waals surface area (Å²) in [6.45, 7) is 1.88. The minimum atomic E-state index is -0.853. The summed E-state index contributed by atoms with van der Waals surface area (Å²) in [7, 11) is 1.25. The van der Waals surface area contributed by atoms with Gasteiger partial charge in [-0.25, -0.2) is 9.18 Å². The van der Waals surface area contributed by atoms with Gasteiger partial charge in [0.1, 0.15) is 5.82 Å². The molecular weight excluding hydrogens is 375 g/mol. The standard InChI is InChI=1S/C18H14ClFN4O3/c1-10-3-6-12(7-4-10)24-18(27)23(2)17(26)15(22-24)16(25)21-11-5-8-14(20)13(19)9-11/h3-9H,1-2H3,(H,21,25). The molecule has 0 saturated carbocycles. The van der Waals surface area contributed by atoms with Crippen LogP contribution in [0.1, 0.15) is 16.1 Å². The zero-order valence-corrected chi connectivity index (χ0v) is 15.1. The van der Waals surface area contributed by atoms with Gasteiger partial charge < -0.3 is 5.32 Å². The molecule has 3 aromatic rings. The summed E-state index contributed by atoms with van der Waals surface area (Å²) < 4.78 is 15.0. The molecular formula is C18H14ClFN4O3. The molecule has 7 nitrogen and oxygen atoms in total. The van der Waals surface area contributed by atoms with Gasteiger partial charge in [-0.15, -0.1) is 0 Å². The van der Waals surface area contributed by atoms with Crippen molar-refractivity contribution in [2.24, 2.45) is 7.05 Å². The summed E-state index contributed by atoms with van der Waals surface area (Å²) in [5, 5.41) is 6.16. The molecule has 0 radical (unpaired) electrons. The second-order valence-electron chi connectivity index (χ2n) is 5.83. The molecule has 0 spiro atoms. The van der Waals surface area contributed by atoms with E-state index in [1.165, 1.54) is 19.2 Å². The van der Waals surface area contributed by atoms with Crippen LogP contribution < -0.4 is 16.6 Å². The summed E-state index contributed by atoms with van der Waals surface area (Å²) in [5.74, 6) is -1.49. The molecule has 1 amide bonds. The van der Waals surface area contributed by atoms with Crippen molar-refractivity contribution in [1.29, 1.82) is 0 Å². The summed E-state index contributed by atoms with van der Waals surface area (Å²) >= 11 is 5.69. The number of hydrogen-bond acceptors (Lipinski definition) is 4. The molecule has 1 heterocycles. The van der Waals surface area contributed by atoms with Crippen LogP contribution in [0, 0.1) is 12.7 Å². The van der Waals surface area contributed by atoms with E-state index >= 15 is 0 Å². The fourth-order valence-corrected chi connectivity index (χ4v) is 2.51. The van der Waals surface area contributed by atoms with Crippen molar-refractivity contribution < 1.29 is 9.18 Å². The van der Waals surface area contributed by atoms with Crippen LogP contribution in [0.3, 0.4) is 0 Å². The number of aryl methyl sites for hydroxylation is 1. The molecule has 0 aliphatic carbocycles. The van der Waals surface area contributed by atoms with Gasteiger partial charge in [-0.3, -0.25) is 14.2 Å². The van der Waals surface area contributed by atoms with Gasteiger partial charge in [0.25, 0.3) is 11.5 Å². The lowest BCUT2D eigenvalue weighted by molar-refractivity contribution is 0.101. The van der Waals surface area contributed by atoms with Gasteiger partial charge in [0.15, 0.2) is 0 Å². The third kappa shape index (κ3) is 3.65. The molecule has 0 fully saturated rings. The Morgan fingerprint density at radius 2 is 1.81 bits per heavy atom. The minimum absolute atomic E-state index is 0.182. The fraction of sp³-hybridized carbons (Fsp3) is 0.111. The lowest BCUT2D eigenvalue weighted by Gasteiger charge is -2.10. The zero-order valence-electron chi connectivity index (χ0n) is 14.4. The van der Waals surface area contributed by atoms with Crippen LogP contribution in [-0.4, -0.2) is 20.3 Å². The van der Waals surface area contributed by atoms with E-state index in [-0.39, 0.29) is 10.7 Å². The summed E-state index contributed by atoms with van der Waals surface area (Å²) in [4.78, 5) is 37.2. The summed E-state index contributed by atoms with van der Waals surface area (Å²) in [6.07, 6.45) is 0. The van der Waals surface area contributed by atoms with Gasteiger partial charge in [0.2, 0.25) is 5.69 Å². The van der Waals surface area contributed by atoms with Crippen LogP contribution in [0.15, 0.2) is 52.1 Å². The molecule has 0 bridgehead atoms. The first-order chi connectivity index (χ1) is 12.8. The number of aromatic nitrogens is 3. The predicted octanol–water partition coefficient (Wildman–Crippen LogP) is 2.28. The Kier molecular flexibility index (Phi) is 4.91. The SMILES string of the molecule is Cc1ccc(-n2nc(C(=O)Nc3ccc(F)c(Cl)c3)c(=O)n(C)c2=O)cc1. The Morgan fingerprint density at radius 3 is 2.44 bits per heavy atom. The summed E-state index contributed by atoms with van der Waals surface area (Å²) in [5.41, 5.74) is -0.469. The van der Waals surface area contributed by atoms with Crippen LogP contribution >= 0.6 is 11.6 Å². The number of nitrogens with one attached hydrogen (secondary N) is 1. The molecule has 0 saturated heterocycles. The van der Waals surface area contributed by atoms with Gasteiger partial charge in [0, 0.05) is 12.7 Å². The zero-order chi connectivity index (χ0) is 19.7. The second kappa shape index (κ2) is 7.16. The van der Waals surface area contributed by atoms with Crippen molar-refractivity contribution in [1.82, 2.24) is 14.3 Å². The third-order valence-electron chi connectivity index (χ3n) is 3.85. The van der Waals surface area contributed by atoms with Crippen LogP contribution in [0.2, 0.25) is 5.02 Å². The van der Waals surface area contributed by atoms with E-state index in [9.17, 15) is 18.8 Å². The highest BCUT2D eigenvalue weighted by atomic mass is 35.5. The lowest BCUT2D eigenvalue weighted by Crippen LogP contribution is -2.43. The molecule has 0 aliphatic rings. The Labute approximate surface area is 157 Å².